The molecule has 1 saturated heterocycles. The van der Waals surface area contributed by atoms with Gasteiger partial charge >= 0.3 is 12.1 Å². The molecule has 44 heavy (non-hydrogen) atoms. The third-order valence-electron chi connectivity index (χ3n) is 7.27. The topological polar surface area (TPSA) is 155 Å². The zero-order valence-corrected chi connectivity index (χ0v) is 26.4. The first kappa shape index (κ1) is 32.7. The molecule has 0 unspecified atom stereocenters. The molecule has 238 valence electrons. The molecule has 2 N–H and O–H groups in total. The van der Waals surface area contributed by atoms with Crippen molar-refractivity contribution in [2.45, 2.75) is 50.3 Å². The van der Waals surface area contributed by atoms with Crippen molar-refractivity contribution in [3.8, 4) is 0 Å². The molecule has 2 aliphatic rings. The predicted octanol–water partition coefficient (Wildman–Crippen LogP) is 1.73. The normalized spacial score (nSPS) is 16.9. The van der Waals surface area contributed by atoms with Crippen LogP contribution in [0.4, 0.5) is 10.5 Å². The SMILES string of the molecule is COC(=O)[C@](C)(NC(=O)CN1CCc2ccc(N3CCN(C(=O)OC(C)(C)C)CC3)cc2C1=O)NS(=O)(=O)c1ccccc1. The van der Waals surface area contributed by atoms with Crippen LogP contribution in [0.25, 0.3) is 0 Å². The molecular formula is C30H39N5O8S. The molecule has 1 atom stereocenters. The smallest absolute Gasteiger partial charge is 0.410 e. The average molecular weight is 630 g/mol. The Bertz CT molecular complexity index is 1520. The van der Waals surface area contributed by atoms with Gasteiger partial charge in [0.2, 0.25) is 21.6 Å². The van der Waals surface area contributed by atoms with Crippen LogP contribution in [-0.4, -0.2) is 99.7 Å². The predicted molar refractivity (Wildman–Crippen MR) is 161 cm³/mol. The number of esters is 1. The third kappa shape index (κ3) is 7.66. The van der Waals surface area contributed by atoms with Gasteiger partial charge in [-0.3, -0.25) is 9.59 Å². The first-order chi connectivity index (χ1) is 20.6. The maximum Gasteiger partial charge on any atom is 0.410 e. The highest BCUT2D eigenvalue weighted by Crippen LogP contribution is 2.26. The van der Waals surface area contributed by atoms with Gasteiger partial charge in [0.1, 0.15) is 5.60 Å². The van der Waals surface area contributed by atoms with Gasteiger partial charge in [-0.25, -0.2) is 18.0 Å². The number of hydrogen-bond acceptors (Lipinski definition) is 9. The minimum Gasteiger partial charge on any atom is -0.466 e. The van der Waals surface area contributed by atoms with Crippen LogP contribution in [0.15, 0.2) is 53.4 Å². The number of carbonyl (C=O) groups is 4. The number of ether oxygens (including phenoxy) is 2. The van der Waals surface area contributed by atoms with Crippen LogP contribution in [-0.2, 0) is 35.5 Å². The monoisotopic (exact) mass is 629 g/mol. The number of sulfonamides is 1. The maximum absolute atomic E-state index is 13.5. The first-order valence-electron chi connectivity index (χ1n) is 14.3. The molecule has 4 rings (SSSR count). The van der Waals surface area contributed by atoms with Crippen LogP contribution in [0.2, 0.25) is 0 Å². The second kappa shape index (κ2) is 12.8. The van der Waals surface area contributed by atoms with Gasteiger partial charge < -0.3 is 29.5 Å². The Balaban J connectivity index is 1.42. The fraction of sp³-hybridized carbons (Fsp3) is 0.467. The summed E-state index contributed by atoms with van der Waals surface area (Å²) in [6.45, 7) is 8.56. The van der Waals surface area contributed by atoms with Crippen molar-refractivity contribution in [1.29, 1.82) is 0 Å². The molecule has 0 bridgehead atoms. The number of nitrogens with one attached hydrogen (secondary N) is 2. The molecule has 0 radical (unpaired) electrons. The molecule has 14 heteroatoms. The van der Waals surface area contributed by atoms with E-state index in [9.17, 15) is 27.6 Å². The average Bonchev–Trinajstić information content (AvgIpc) is 2.97. The zero-order chi connectivity index (χ0) is 32.3. The summed E-state index contributed by atoms with van der Waals surface area (Å²) < 4.78 is 38.3. The van der Waals surface area contributed by atoms with Crippen LogP contribution < -0.4 is 14.9 Å². The molecule has 1 fully saturated rings. The summed E-state index contributed by atoms with van der Waals surface area (Å²) in [5.74, 6) is -2.14. The van der Waals surface area contributed by atoms with Gasteiger partial charge in [0.05, 0.1) is 18.6 Å². The van der Waals surface area contributed by atoms with Crippen molar-refractivity contribution in [3.63, 3.8) is 0 Å². The van der Waals surface area contributed by atoms with E-state index in [2.05, 4.69) is 14.9 Å². The Morgan fingerprint density at radius 1 is 0.932 bits per heavy atom. The summed E-state index contributed by atoms with van der Waals surface area (Å²) in [7, 11) is -3.14. The number of hydrogen-bond donors (Lipinski definition) is 2. The lowest BCUT2D eigenvalue weighted by atomic mass is 9.97. The standard InChI is InChI=1S/C30H39N5O8S/c1-29(2,3)43-28(39)34-17-15-33(16-18-34)22-12-11-21-13-14-35(26(37)24(21)19-22)20-25(36)31-30(4,27(38)42-5)32-44(40,41)23-9-7-6-8-10-23/h6-12,19,32H,13-18,20H2,1-5H3,(H,31,36)/t30-/m1/s1. The number of anilines is 1. The minimum atomic E-state index is -4.21. The van der Waals surface area contributed by atoms with Crippen molar-refractivity contribution >= 4 is 39.6 Å². The summed E-state index contributed by atoms with van der Waals surface area (Å²) in [5, 5.41) is 2.40. The number of amides is 3. The lowest BCUT2D eigenvalue weighted by Gasteiger charge is -2.37. The molecule has 0 spiro atoms. The summed E-state index contributed by atoms with van der Waals surface area (Å²) >= 11 is 0. The highest BCUT2D eigenvalue weighted by molar-refractivity contribution is 7.89. The first-order valence-corrected chi connectivity index (χ1v) is 15.7. The molecule has 13 nitrogen and oxygen atoms in total. The number of carbonyl (C=O) groups excluding carboxylic acids is 4. The number of fused-ring (bicyclic) bond motifs is 1. The van der Waals surface area contributed by atoms with E-state index in [0.717, 1.165) is 18.4 Å². The maximum atomic E-state index is 13.5. The van der Waals surface area contributed by atoms with Crippen LogP contribution >= 0.6 is 0 Å². The van der Waals surface area contributed by atoms with E-state index in [1.54, 1.807) is 17.0 Å². The van der Waals surface area contributed by atoms with Crippen molar-refractivity contribution in [2.75, 3.05) is 51.3 Å². The van der Waals surface area contributed by atoms with E-state index >= 15 is 0 Å². The quantitative estimate of drug-likeness (QED) is 0.328. The van der Waals surface area contributed by atoms with Gasteiger partial charge in [-0.2, -0.15) is 4.72 Å². The summed E-state index contributed by atoms with van der Waals surface area (Å²) in [6, 6.07) is 13.0. The van der Waals surface area contributed by atoms with Gasteiger partial charge in [-0.1, -0.05) is 24.3 Å². The number of methoxy groups -OCH3 is 1. The molecule has 0 aliphatic carbocycles. The van der Waals surface area contributed by atoms with Crippen molar-refractivity contribution < 1.29 is 37.1 Å². The minimum absolute atomic E-state index is 0.103. The Morgan fingerprint density at radius 3 is 2.20 bits per heavy atom. The molecule has 2 aromatic carbocycles. The Labute approximate surface area is 257 Å². The largest absolute Gasteiger partial charge is 0.466 e. The molecule has 2 aliphatic heterocycles. The molecule has 3 amide bonds. The van der Waals surface area contributed by atoms with E-state index < -0.39 is 39.7 Å². The Morgan fingerprint density at radius 2 is 1.59 bits per heavy atom. The van der Waals surface area contributed by atoms with Gasteiger partial charge in [0.25, 0.3) is 5.91 Å². The van der Waals surface area contributed by atoms with Gasteiger partial charge in [-0.15, -0.1) is 0 Å². The highest BCUT2D eigenvalue weighted by atomic mass is 32.2. The van der Waals surface area contributed by atoms with Crippen LogP contribution in [0, 0.1) is 0 Å². The lowest BCUT2D eigenvalue weighted by Crippen LogP contribution is -2.65. The Kier molecular flexibility index (Phi) is 9.54. The highest BCUT2D eigenvalue weighted by Gasteiger charge is 2.41. The van der Waals surface area contributed by atoms with E-state index in [0.29, 0.717) is 38.2 Å². The summed E-state index contributed by atoms with van der Waals surface area (Å²) in [5.41, 5.74) is -0.592. The Hall–Kier alpha value is -4.17. The van der Waals surface area contributed by atoms with Crippen LogP contribution in [0.3, 0.4) is 0 Å². The molecule has 0 saturated carbocycles. The van der Waals surface area contributed by atoms with E-state index in [4.69, 9.17) is 9.47 Å². The summed E-state index contributed by atoms with van der Waals surface area (Å²) in [6.07, 6.45) is 0.151. The number of nitrogens with zero attached hydrogens (tertiary/aromatic N) is 3. The lowest BCUT2D eigenvalue weighted by molar-refractivity contribution is -0.150. The van der Waals surface area contributed by atoms with Crippen molar-refractivity contribution in [3.05, 3.63) is 59.7 Å². The van der Waals surface area contributed by atoms with E-state index in [1.807, 2.05) is 32.9 Å². The number of piperazine rings is 1. The number of rotatable bonds is 8. The van der Waals surface area contributed by atoms with Crippen LogP contribution in [0.5, 0.6) is 0 Å². The summed E-state index contributed by atoms with van der Waals surface area (Å²) in [4.78, 5) is 56.7. The molecule has 0 aromatic heterocycles. The van der Waals surface area contributed by atoms with Crippen molar-refractivity contribution in [1.82, 2.24) is 19.8 Å². The molecular weight excluding hydrogens is 590 g/mol. The van der Waals surface area contributed by atoms with Gasteiger partial charge in [0.15, 0.2) is 0 Å². The molecule has 2 aromatic rings. The van der Waals surface area contributed by atoms with Crippen LogP contribution in [0.1, 0.15) is 43.6 Å². The molecule has 2 heterocycles. The fourth-order valence-electron chi connectivity index (χ4n) is 5.07. The number of benzene rings is 2. The van der Waals surface area contributed by atoms with E-state index in [1.165, 1.54) is 36.1 Å². The van der Waals surface area contributed by atoms with Crippen molar-refractivity contribution in [2.24, 2.45) is 0 Å². The fourth-order valence-corrected chi connectivity index (χ4v) is 6.38. The third-order valence-corrected chi connectivity index (χ3v) is 8.84. The second-order valence-corrected chi connectivity index (χ2v) is 13.5. The zero-order valence-electron chi connectivity index (χ0n) is 25.6. The van der Waals surface area contributed by atoms with E-state index in [-0.39, 0.29) is 23.4 Å². The van der Waals surface area contributed by atoms with Gasteiger partial charge in [-0.05, 0) is 63.9 Å². The van der Waals surface area contributed by atoms with Gasteiger partial charge in [0, 0.05) is 44.0 Å². The second-order valence-electron chi connectivity index (χ2n) is 11.9.